The van der Waals surface area contributed by atoms with Crippen LogP contribution in [0.4, 0.5) is 13.2 Å². The van der Waals surface area contributed by atoms with Gasteiger partial charge in [-0.25, -0.2) is 13.4 Å². The number of rotatable bonds is 6. The Bertz CT molecular complexity index is 1150. The van der Waals surface area contributed by atoms with Gasteiger partial charge in [0.1, 0.15) is 12.4 Å². The zero-order chi connectivity index (χ0) is 22.1. The average Bonchev–Trinajstić information content (AvgIpc) is 3.14. The number of aromatic nitrogens is 2. The van der Waals surface area contributed by atoms with Gasteiger partial charge in [0.2, 0.25) is 15.8 Å². The molecule has 7 nitrogen and oxygen atoms in total. The maximum atomic E-state index is 13.4. The lowest BCUT2D eigenvalue weighted by atomic mass is 10.3. The quantitative estimate of drug-likeness (QED) is 0.571. The number of hydrogen-bond acceptors (Lipinski definition) is 5. The van der Waals surface area contributed by atoms with Gasteiger partial charge in [-0.15, -0.1) is 0 Å². The van der Waals surface area contributed by atoms with E-state index in [1.165, 1.54) is 34.6 Å². The molecule has 0 unspecified atom stereocenters. The van der Waals surface area contributed by atoms with Crippen molar-refractivity contribution in [2.45, 2.75) is 17.6 Å². The van der Waals surface area contributed by atoms with Crippen molar-refractivity contribution < 1.29 is 31.1 Å². The highest BCUT2D eigenvalue weighted by Gasteiger charge is 2.37. The van der Waals surface area contributed by atoms with Crippen molar-refractivity contribution in [1.82, 2.24) is 13.9 Å². The number of imidazole rings is 1. The molecule has 1 aliphatic rings. The monoisotopic (exact) mass is 455 g/mol. The zero-order valence-corrected chi connectivity index (χ0v) is 17.2. The number of nitrogens with zero attached hydrogens (tertiary/aromatic N) is 3. The lowest BCUT2D eigenvalue weighted by Crippen LogP contribution is -2.40. The van der Waals surface area contributed by atoms with E-state index in [0.717, 1.165) is 4.57 Å². The standard InChI is InChI=1S/C20H20F3N3O4S/c21-20(22,23)19-24-17-3-1-2-4-18(17)26(19)11-14-30-15-5-7-16(8-6-15)31(27,28)25-9-12-29-13-10-25/h1-8H,9-14H2. The van der Waals surface area contributed by atoms with Gasteiger partial charge in [-0.3, -0.25) is 0 Å². The number of fused-ring (bicyclic) bond motifs is 1. The van der Waals surface area contributed by atoms with E-state index in [0.29, 0.717) is 37.6 Å². The highest BCUT2D eigenvalue weighted by molar-refractivity contribution is 7.89. The molecule has 166 valence electrons. The van der Waals surface area contributed by atoms with E-state index < -0.39 is 22.0 Å². The molecule has 1 saturated heterocycles. The largest absolute Gasteiger partial charge is 0.492 e. The third kappa shape index (κ3) is 4.53. The molecule has 1 aromatic heterocycles. The normalized spacial score (nSPS) is 16.0. The first-order valence-electron chi connectivity index (χ1n) is 9.60. The van der Waals surface area contributed by atoms with Gasteiger partial charge in [0.15, 0.2) is 0 Å². The summed E-state index contributed by atoms with van der Waals surface area (Å²) in [5.74, 6) is -0.622. The van der Waals surface area contributed by atoms with E-state index >= 15 is 0 Å². The molecule has 1 aliphatic heterocycles. The molecule has 0 aliphatic carbocycles. The van der Waals surface area contributed by atoms with Gasteiger partial charge in [-0.1, -0.05) is 12.1 Å². The minimum Gasteiger partial charge on any atom is -0.492 e. The summed E-state index contributed by atoms with van der Waals surface area (Å²) in [6.07, 6.45) is -4.59. The molecule has 0 atom stereocenters. The number of ether oxygens (including phenoxy) is 2. The molecule has 2 aromatic carbocycles. The van der Waals surface area contributed by atoms with Crippen molar-refractivity contribution in [3.05, 3.63) is 54.4 Å². The van der Waals surface area contributed by atoms with Crippen LogP contribution >= 0.6 is 0 Å². The Labute approximate surface area is 177 Å². The summed E-state index contributed by atoms with van der Waals surface area (Å²) < 4.78 is 78.5. The molecule has 0 radical (unpaired) electrons. The maximum absolute atomic E-state index is 13.4. The first kappa shape index (κ1) is 21.6. The van der Waals surface area contributed by atoms with Crippen LogP contribution in [0.1, 0.15) is 5.82 Å². The predicted molar refractivity (Wildman–Crippen MR) is 106 cm³/mol. The highest BCUT2D eigenvalue weighted by atomic mass is 32.2. The fraction of sp³-hybridized carbons (Fsp3) is 0.350. The summed E-state index contributed by atoms with van der Waals surface area (Å²) in [6, 6.07) is 12.2. The second-order valence-corrected chi connectivity index (χ2v) is 8.85. The maximum Gasteiger partial charge on any atom is 0.449 e. The Morgan fingerprint density at radius 3 is 2.39 bits per heavy atom. The Kier molecular flexibility index (Phi) is 5.91. The van der Waals surface area contributed by atoms with Crippen LogP contribution in [-0.2, 0) is 27.5 Å². The van der Waals surface area contributed by atoms with E-state index in [4.69, 9.17) is 9.47 Å². The third-order valence-electron chi connectivity index (χ3n) is 4.92. The van der Waals surface area contributed by atoms with Crippen molar-refractivity contribution in [2.75, 3.05) is 32.9 Å². The zero-order valence-electron chi connectivity index (χ0n) is 16.4. The molecule has 2 heterocycles. The molecule has 0 N–H and O–H groups in total. The average molecular weight is 455 g/mol. The number of halogens is 3. The Hall–Kier alpha value is -2.63. The van der Waals surface area contributed by atoms with Gasteiger partial charge in [0, 0.05) is 13.1 Å². The SMILES string of the molecule is O=S(=O)(c1ccc(OCCn2c(C(F)(F)F)nc3ccccc32)cc1)N1CCOCC1. The summed E-state index contributed by atoms with van der Waals surface area (Å²) in [5.41, 5.74) is 0.623. The van der Waals surface area contributed by atoms with Crippen LogP contribution in [0.3, 0.4) is 0 Å². The van der Waals surface area contributed by atoms with Crippen molar-refractivity contribution in [1.29, 1.82) is 0 Å². The van der Waals surface area contributed by atoms with E-state index in [2.05, 4.69) is 4.98 Å². The van der Waals surface area contributed by atoms with Gasteiger partial charge in [0.05, 0.1) is 35.7 Å². The van der Waals surface area contributed by atoms with E-state index in [-0.39, 0.29) is 23.6 Å². The third-order valence-corrected chi connectivity index (χ3v) is 6.84. The molecule has 4 rings (SSSR count). The predicted octanol–water partition coefficient (Wildman–Crippen LogP) is 3.16. The van der Waals surface area contributed by atoms with Crippen LogP contribution in [0.2, 0.25) is 0 Å². The Balaban J connectivity index is 1.45. The number of benzene rings is 2. The molecule has 1 fully saturated rings. The van der Waals surface area contributed by atoms with Crippen LogP contribution < -0.4 is 4.74 Å². The summed E-state index contributed by atoms with van der Waals surface area (Å²) in [5, 5.41) is 0. The number of morpholine rings is 1. The molecule has 0 spiro atoms. The highest BCUT2D eigenvalue weighted by Crippen LogP contribution is 2.31. The van der Waals surface area contributed by atoms with E-state index in [1.807, 2.05) is 0 Å². The Morgan fingerprint density at radius 2 is 1.71 bits per heavy atom. The number of para-hydroxylation sites is 2. The van der Waals surface area contributed by atoms with Crippen LogP contribution in [0.5, 0.6) is 5.75 Å². The molecule has 0 bridgehead atoms. The van der Waals surface area contributed by atoms with Gasteiger partial charge in [0.25, 0.3) is 0 Å². The van der Waals surface area contributed by atoms with Crippen molar-refractivity contribution in [3.8, 4) is 5.75 Å². The topological polar surface area (TPSA) is 73.7 Å². The summed E-state index contributed by atoms with van der Waals surface area (Å²) in [6.45, 7) is 1.18. The smallest absolute Gasteiger partial charge is 0.449 e. The van der Waals surface area contributed by atoms with Crippen LogP contribution in [-0.4, -0.2) is 55.2 Å². The molecular weight excluding hydrogens is 435 g/mol. The fourth-order valence-corrected chi connectivity index (χ4v) is 4.82. The first-order valence-corrected chi connectivity index (χ1v) is 11.0. The van der Waals surface area contributed by atoms with E-state index in [9.17, 15) is 21.6 Å². The second kappa shape index (κ2) is 8.48. The minimum absolute atomic E-state index is 0.0427. The van der Waals surface area contributed by atoms with Crippen LogP contribution in [0, 0.1) is 0 Å². The number of hydrogen-bond donors (Lipinski definition) is 0. The summed E-state index contributed by atoms with van der Waals surface area (Å²) >= 11 is 0. The van der Waals surface area contributed by atoms with Crippen molar-refractivity contribution in [2.24, 2.45) is 0 Å². The molecule has 11 heteroatoms. The lowest BCUT2D eigenvalue weighted by molar-refractivity contribution is -0.147. The van der Waals surface area contributed by atoms with Gasteiger partial charge in [-0.05, 0) is 36.4 Å². The number of sulfonamides is 1. The Morgan fingerprint density at radius 1 is 1.03 bits per heavy atom. The summed E-state index contributed by atoms with van der Waals surface area (Å²) in [4.78, 5) is 3.82. The van der Waals surface area contributed by atoms with Crippen molar-refractivity contribution in [3.63, 3.8) is 0 Å². The molecule has 0 saturated carbocycles. The lowest BCUT2D eigenvalue weighted by Gasteiger charge is -2.26. The number of alkyl halides is 3. The second-order valence-electron chi connectivity index (χ2n) is 6.91. The molecular formula is C20H20F3N3O4S. The van der Waals surface area contributed by atoms with Gasteiger partial charge < -0.3 is 14.0 Å². The minimum atomic E-state index is -4.59. The fourth-order valence-electron chi connectivity index (χ4n) is 3.42. The molecule has 0 amide bonds. The van der Waals surface area contributed by atoms with Crippen LogP contribution in [0.15, 0.2) is 53.4 Å². The van der Waals surface area contributed by atoms with E-state index in [1.54, 1.807) is 18.2 Å². The van der Waals surface area contributed by atoms with Crippen LogP contribution in [0.25, 0.3) is 11.0 Å². The van der Waals surface area contributed by atoms with Gasteiger partial charge >= 0.3 is 6.18 Å². The van der Waals surface area contributed by atoms with Gasteiger partial charge in [-0.2, -0.15) is 17.5 Å². The first-order chi connectivity index (χ1) is 14.8. The van der Waals surface area contributed by atoms with Crippen molar-refractivity contribution >= 4 is 21.1 Å². The summed E-state index contributed by atoms with van der Waals surface area (Å²) in [7, 11) is -3.62. The molecule has 3 aromatic rings. The molecule has 31 heavy (non-hydrogen) atoms.